The molecule has 108 valence electrons. The minimum atomic E-state index is -1.21. The number of hydrogen-bond donors (Lipinski definition) is 3. The van der Waals surface area contributed by atoms with Crippen LogP contribution in [0.1, 0.15) is 26.5 Å². The lowest BCUT2D eigenvalue weighted by Crippen LogP contribution is -2.46. The first-order chi connectivity index (χ1) is 8.77. The van der Waals surface area contributed by atoms with Crippen LogP contribution in [-0.2, 0) is 5.60 Å². The van der Waals surface area contributed by atoms with Crippen LogP contribution >= 0.6 is 11.8 Å². The molecule has 1 aromatic rings. The molecule has 1 heterocycles. The summed E-state index contributed by atoms with van der Waals surface area (Å²) in [7, 11) is 0. The minimum Gasteiger partial charge on any atom is -0.466 e. The van der Waals surface area contributed by atoms with Crippen molar-refractivity contribution in [2.24, 2.45) is 0 Å². The summed E-state index contributed by atoms with van der Waals surface area (Å²) in [5.74, 6) is 0.428. The van der Waals surface area contributed by atoms with Crippen LogP contribution in [0.4, 0.5) is 4.79 Å². The van der Waals surface area contributed by atoms with Crippen molar-refractivity contribution in [2.45, 2.75) is 31.1 Å². The van der Waals surface area contributed by atoms with E-state index in [2.05, 4.69) is 24.5 Å². The first-order valence-corrected chi connectivity index (χ1v) is 7.32. The Morgan fingerprint density at radius 2 is 2.00 bits per heavy atom. The Kier molecular flexibility index (Phi) is 5.31. The van der Waals surface area contributed by atoms with Gasteiger partial charge in [-0.3, -0.25) is 0 Å². The molecule has 1 aromatic heterocycles. The van der Waals surface area contributed by atoms with E-state index in [1.807, 2.05) is 6.26 Å². The number of urea groups is 1. The molecule has 19 heavy (non-hydrogen) atoms. The summed E-state index contributed by atoms with van der Waals surface area (Å²) < 4.78 is 5.12. The normalized spacial score (nSPS) is 14.8. The first kappa shape index (κ1) is 15.9. The molecular weight excluding hydrogens is 264 g/mol. The van der Waals surface area contributed by atoms with Gasteiger partial charge < -0.3 is 20.2 Å². The number of aliphatic hydroxyl groups is 1. The third-order valence-corrected chi connectivity index (χ3v) is 4.12. The third-order valence-electron chi connectivity index (χ3n) is 2.87. The molecule has 1 rings (SSSR count). The van der Waals surface area contributed by atoms with Gasteiger partial charge in [-0.25, -0.2) is 4.79 Å². The number of rotatable bonds is 6. The second-order valence-electron chi connectivity index (χ2n) is 5.25. The third kappa shape index (κ3) is 5.16. The fraction of sp³-hybridized carbons (Fsp3) is 0.615. The molecule has 0 aliphatic carbocycles. The zero-order chi connectivity index (χ0) is 14.5. The second-order valence-corrected chi connectivity index (χ2v) is 6.76. The summed E-state index contributed by atoms with van der Waals surface area (Å²) in [4.78, 5) is 11.6. The molecule has 1 atom stereocenters. The van der Waals surface area contributed by atoms with Crippen molar-refractivity contribution in [3.8, 4) is 0 Å². The summed E-state index contributed by atoms with van der Waals surface area (Å²) in [6, 6.07) is 3.08. The fourth-order valence-electron chi connectivity index (χ4n) is 1.35. The summed E-state index contributed by atoms with van der Waals surface area (Å²) >= 11 is 1.68. The lowest BCUT2D eigenvalue weighted by atomic mass is 10.0. The minimum absolute atomic E-state index is 0.0130. The van der Waals surface area contributed by atoms with Crippen LogP contribution in [0, 0.1) is 0 Å². The van der Waals surface area contributed by atoms with E-state index in [0.29, 0.717) is 12.3 Å². The number of amides is 2. The summed E-state index contributed by atoms with van der Waals surface area (Å²) in [5.41, 5.74) is -1.21. The maximum atomic E-state index is 11.6. The van der Waals surface area contributed by atoms with E-state index in [-0.39, 0.29) is 17.3 Å². The number of carbonyl (C=O) groups is 1. The van der Waals surface area contributed by atoms with Crippen LogP contribution in [-0.4, -0.2) is 35.2 Å². The Bertz CT molecular complexity index is 402. The molecule has 0 aliphatic rings. The fourth-order valence-corrected chi connectivity index (χ4v) is 1.57. The van der Waals surface area contributed by atoms with Gasteiger partial charge in [0.25, 0.3) is 0 Å². The average Bonchev–Trinajstić information content (AvgIpc) is 2.89. The molecule has 0 spiro atoms. The average molecular weight is 286 g/mol. The Labute approximate surface area is 118 Å². The van der Waals surface area contributed by atoms with E-state index in [1.165, 1.54) is 6.26 Å². The predicted octanol–water partition coefficient (Wildman–Crippen LogP) is 1.93. The van der Waals surface area contributed by atoms with E-state index in [4.69, 9.17) is 4.42 Å². The van der Waals surface area contributed by atoms with E-state index >= 15 is 0 Å². The molecular formula is C13H22N2O3S. The monoisotopic (exact) mass is 286 g/mol. The van der Waals surface area contributed by atoms with Crippen LogP contribution in [0.15, 0.2) is 22.8 Å². The molecule has 0 aliphatic heterocycles. The van der Waals surface area contributed by atoms with Gasteiger partial charge in [-0.15, -0.1) is 0 Å². The summed E-state index contributed by atoms with van der Waals surface area (Å²) in [5, 5.41) is 15.6. The largest absolute Gasteiger partial charge is 0.466 e. The molecule has 5 nitrogen and oxygen atoms in total. The SMILES string of the molecule is CSC(C)(C)CNC(=O)NCC(C)(O)c1ccco1. The highest BCUT2D eigenvalue weighted by Crippen LogP contribution is 2.20. The van der Waals surface area contributed by atoms with Gasteiger partial charge in [0, 0.05) is 11.3 Å². The van der Waals surface area contributed by atoms with Crippen LogP contribution < -0.4 is 10.6 Å². The van der Waals surface area contributed by atoms with Crippen LogP contribution in [0.2, 0.25) is 0 Å². The molecule has 0 radical (unpaired) electrons. The highest BCUT2D eigenvalue weighted by molar-refractivity contribution is 7.99. The van der Waals surface area contributed by atoms with Crippen molar-refractivity contribution in [1.82, 2.24) is 10.6 Å². The van der Waals surface area contributed by atoms with Gasteiger partial charge in [-0.2, -0.15) is 11.8 Å². The molecule has 0 saturated carbocycles. The Balaban J connectivity index is 2.38. The van der Waals surface area contributed by atoms with Crippen molar-refractivity contribution in [2.75, 3.05) is 19.3 Å². The van der Waals surface area contributed by atoms with Gasteiger partial charge in [0.15, 0.2) is 0 Å². The van der Waals surface area contributed by atoms with Crippen LogP contribution in [0.5, 0.6) is 0 Å². The molecule has 1 unspecified atom stereocenters. The van der Waals surface area contributed by atoms with Gasteiger partial charge in [0.1, 0.15) is 11.4 Å². The van der Waals surface area contributed by atoms with E-state index in [1.54, 1.807) is 30.8 Å². The number of furan rings is 1. The van der Waals surface area contributed by atoms with E-state index < -0.39 is 5.60 Å². The van der Waals surface area contributed by atoms with E-state index in [0.717, 1.165) is 0 Å². The van der Waals surface area contributed by atoms with Crippen LogP contribution in [0.3, 0.4) is 0 Å². The topological polar surface area (TPSA) is 74.5 Å². The molecule has 3 N–H and O–H groups in total. The highest BCUT2D eigenvalue weighted by Gasteiger charge is 2.27. The Hall–Kier alpha value is -1.14. The molecule has 0 saturated heterocycles. The zero-order valence-electron chi connectivity index (χ0n) is 11.8. The lowest BCUT2D eigenvalue weighted by molar-refractivity contribution is 0.0367. The maximum Gasteiger partial charge on any atom is 0.314 e. The molecule has 6 heteroatoms. The van der Waals surface area contributed by atoms with Gasteiger partial charge >= 0.3 is 6.03 Å². The van der Waals surface area contributed by atoms with Crippen molar-refractivity contribution in [3.05, 3.63) is 24.2 Å². The highest BCUT2D eigenvalue weighted by atomic mass is 32.2. The second kappa shape index (κ2) is 6.34. The van der Waals surface area contributed by atoms with Gasteiger partial charge in [0.2, 0.25) is 0 Å². The number of nitrogens with one attached hydrogen (secondary N) is 2. The number of carbonyl (C=O) groups excluding carboxylic acids is 1. The smallest absolute Gasteiger partial charge is 0.314 e. The predicted molar refractivity (Wildman–Crippen MR) is 77.3 cm³/mol. The zero-order valence-corrected chi connectivity index (χ0v) is 12.6. The molecule has 0 bridgehead atoms. The van der Waals surface area contributed by atoms with E-state index in [9.17, 15) is 9.90 Å². The van der Waals surface area contributed by atoms with Gasteiger partial charge in [-0.1, -0.05) is 0 Å². The number of hydrogen-bond acceptors (Lipinski definition) is 4. The maximum absolute atomic E-state index is 11.6. The molecule has 0 fully saturated rings. The van der Waals surface area contributed by atoms with Crippen molar-refractivity contribution in [3.63, 3.8) is 0 Å². The van der Waals surface area contributed by atoms with Crippen LogP contribution in [0.25, 0.3) is 0 Å². The van der Waals surface area contributed by atoms with Gasteiger partial charge in [0.05, 0.1) is 12.8 Å². The Morgan fingerprint density at radius 1 is 1.37 bits per heavy atom. The van der Waals surface area contributed by atoms with Gasteiger partial charge in [-0.05, 0) is 39.2 Å². The lowest BCUT2D eigenvalue weighted by Gasteiger charge is -2.24. The van der Waals surface area contributed by atoms with Crippen molar-refractivity contribution >= 4 is 17.8 Å². The van der Waals surface area contributed by atoms with Crippen molar-refractivity contribution < 1.29 is 14.3 Å². The summed E-state index contributed by atoms with van der Waals surface area (Å²) in [6.45, 7) is 6.35. The molecule has 2 amide bonds. The quantitative estimate of drug-likeness (QED) is 0.747. The Morgan fingerprint density at radius 3 is 2.53 bits per heavy atom. The standard InChI is InChI=1S/C13H22N2O3S/c1-12(2,19-4)8-14-11(16)15-9-13(3,17)10-6-5-7-18-10/h5-7,17H,8-9H2,1-4H3,(H2,14,15,16). The molecule has 0 aromatic carbocycles. The number of thioether (sulfide) groups is 1. The first-order valence-electron chi connectivity index (χ1n) is 6.10. The van der Waals surface area contributed by atoms with Crippen molar-refractivity contribution in [1.29, 1.82) is 0 Å². The summed E-state index contributed by atoms with van der Waals surface area (Å²) in [6.07, 6.45) is 3.49.